The monoisotopic (exact) mass is 222 g/mol. The molecule has 0 unspecified atom stereocenters. The molecule has 6 heteroatoms. The highest BCUT2D eigenvalue weighted by molar-refractivity contribution is 5.75. The number of primary amides is 2. The van der Waals surface area contributed by atoms with Crippen LogP contribution in [0.5, 0.6) is 0 Å². The second kappa shape index (κ2) is 5.01. The molecule has 1 aromatic carbocycles. The molecule has 16 heavy (non-hydrogen) atoms. The summed E-state index contributed by atoms with van der Waals surface area (Å²) in [5.41, 5.74) is 11.8. The quantitative estimate of drug-likeness (QED) is 0.552. The molecule has 0 saturated heterocycles. The van der Waals surface area contributed by atoms with Gasteiger partial charge in [0.15, 0.2) is 0 Å². The molecule has 0 radical (unpaired) electrons. The molecule has 86 valence electrons. The predicted octanol–water partition coefficient (Wildman–Crippen LogP) is 0.330. The first-order chi connectivity index (χ1) is 7.49. The van der Waals surface area contributed by atoms with Gasteiger partial charge < -0.3 is 22.1 Å². The summed E-state index contributed by atoms with van der Waals surface area (Å²) in [6.07, 6.45) is -0.712. The Balaban J connectivity index is 2.86. The third-order valence-corrected chi connectivity index (χ3v) is 1.98. The highest BCUT2D eigenvalue weighted by Gasteiger charge is 2.13. The van der Waals surface area contributed by atoms with Crippen molar-refractivity contribution in [2.45, 2.75) is 13.1 Å². The van der Waals surface area contributed by atoms with Crippen LogP contribution in [0.1, 0.15) is 17.3 Å². The first kappa shape index (κ1) is 11.8. The van der Waals surface area contributed by atoms with Crippen LogP contribution in [0.4, 0.5) is 9.59 Å². The molecule has 0 fully saturated rings. The summed E-state index contributed by atoms with van der Waals surface area (Å²) in [5.74, 6) is 0. The molecule has 0 atom stereocenters. The van der Waals surface area contributed by atoms with E-state index in [1.807, 2.05) is 19.1 Å². The molecule has 0 aliphatic heterocycles. The van der Waals surface area contributed by atoms with E-state index >= 15 is 0 Å². The van der Waals surface area contributed by atoms with E-state index in [0.29, 0.717) is 5.56 Å². The van der Waals surface area contributed by atoms with Crippen molar-refractivity contribution in [3.63, 3.8) is 0 Å². The molecule has 0 aliphatic rings. The van der Waals surface area contributed by atoms with Gasteiger partial charge in [0.25, 0.3) is 0 Å². The molecular weight excluding hydrogens is 208 g/mol. The van der Waals surface area contributed by atoms with E-state index in [2.05, 4.69) is 10.6 Å². The third-order valence-electron chi connectivity index (χ3n) is 1.98. The number of amides is 4. The third kappa shape index (κ3) is 3.49. The summed E-state index contributed by atoms with van der Waals surface area (Å²) < 4.78 is 0. The minimum Gasteiger partial charge on any atom is -0.352 e. The minimum atomic E-state index is -0.737. The standard InChI is InChI=1S/C10H14N4O2/c1-6-2-4-7(5-3-6)8(13-9(11)15)14-10(12)16/h2-5,8H,1H3,(H3,11,13,15)(H3,12,14,16). The number of nitrogens with one attached hydrogen (secondary N) is 2. The molecule has 6 N–H and O–H groups in total. The van der Waals surface area contributed by atoms with Crippen LogP contribution in [0.15, 0.2) is 24.3 Å². The molecule has 1 aromatic rings. The summed E-state index contributed by atoms with van der Waals surface area (Å²) in [5, 5.41) is 4.75. The maximum absolute atomic E-state index is 10.8. The Bertz CT molecular complexity index is 372. The second-order valence-electron chi connectivity index (χ2n) is 3.36. The fourth-order valence-electron chi connectivity index (χ4n) is 1.25. The Kier molecular flexibility index (Phi) is 3.71. The van der Waals surface area contributed by atoms with Crippen LogP contribution in [-0.2, 0) is 0 Å². The van der Waals surface area contributed by atoms with Crippen LogP contribution in [0, 0.1) is 6.92 Å². The zero-order valence-electron chi connectivity index (χ0n) is 8.86. The zero-order valence-corrected chi connectivity index (χ0v) is 8.86. The lowest BCUT2D eigenvalue weighted by atomic mass is 10.1. The summed E-state index contributed by atoms with van der Waals surface area (Å²) in [6, 6.07) is 5.78. The number of rotatable bonds is 3. The lowest BCUT2D eigenvalue weighted by Gasteiger charge is -2.18. The van der Waals surface area contributed by atoms with Crippen molar-refractivity contribution in [3.8, 4) is 0 Å². The fourth-order valence-corrected chi connectivity index (χ4v) is 1.25. The molecule has 0 bridgehead atoms. The smallest absolute Gasteiger partial charge is 0.314 e. The highest BCUT2D eigenvalue weighted by Crippen LogP contribution is 2.10. The van der Waals surface area contributed by atoms with Gasteiger partial charge in [-0.15, -0.1) is 0 Å². The van der Waals surface area contributed by atoms with Gasteiger partial charge in [0.1, 0.15) is 6.17 Å². The zero-order chi connectivity index (χ0) is 12.1. The largest absolute Gasteiger partial charge is 0.352 e. The van der Waals surface area contributed by atoms with Crippen LogP contribution in [-0.4, -0.2) is 12.1 Å². The van der Waals surface area contributed by atoms with Gasteiger partial charge in [-0.25, -0.2) is 9.59 Å². The molecule has 1 rings (SSSR count). The summed E-state index contributed by atoms with van der Waals surface area (Å²) in [4.78, 5) is 21.5. The number of nitrogens with two attached hydrogens (primary N) is 2. The molecule has 6 nitrogen and oxygen atoms in total. The van der Waals surface area contributed by atoms with Gasteiger partial charge in [-0.1, -0.05) is 29.8 Å². The van der Waals surface area contributed by atoms with E-state index in [1.54, 1.807) is 12.1 Å². The van der Waals surface area contributed by atoms with Gasteiger partial charge in [-0.3, -0.25) is 0 Å². The summed E-state index contributed by atoms with van der Waals surface area (Å²) in [6.45, 7) is 1.93. The van der Waals surface area contributed by atoms with Gasteiger partial charge in [0.05, 0.1) is 0 Å². The topological polar surface area (TPSA) is 110 Å². The highest BCUT2D eigenvalue weighted by atomic mass is 16.2. The number of aryl methyl sites for hydroxylation is 1. The minimum absolute atomic E-state index is 0.697. The van der Waals surface area contributed by atoms with Crippen LogP contribution < -0.4 is 22.1 Å². The normalized spacial score (nSPS) is 9.88. The lowest BCUT2D eigenvalue weighted by Crippen LogP contribution is -2.45. The van der Waals surface area contributed by atoms with Gasteiger partial charge in [0.2, 0.25) is 0 Å². The maximum Gasteiger partial charge on any atom is 0.314 e. The molecule has 0 heterocycles. The molecule has 0 saturated carbocycles. The number of hydrogen-bond donors (Lipinski definition) is 4. The maximum atomic E-state index is 10.8. The van der Waals surface area contributed by atoms with Crippen LogP contribution in [0.25, 0.3) is 0 Å². The SMILES string of the molecule is Cc1ccc(C(NC(N)=O)NC(N)=O)cc1. The van der Waals surface area contributed by atoms with Crippen LogP contribution in [0.3, 0.4) is 0 Å². The van der Waals surface area contributed by atoms with Crippen LogP contribution >= 0.6 is 0 Å². The summed E-state index contributed by atoms with van der Waals surface area (Å²) >= 11 is 0. The average molecular weight is 222 g/mol. The van der Waals surface area contributed by atoms with Crippen molar-refractivity contribution in [2.24, 2.45) is 11.5 Å². The van der Waals surface area contributed by atoms with Crippen molar-refractivity contribution in [1.82, 2.24) is 10.6 Å². The Hall–Kier alpha value is -2.24. The van der Waals surface area contributed by atoms with Gasteiger partial charge >= 0.3 is 12.1 Å². The Morgan fingerprint density at radius 2 is 1.50 bits per heavy atom. The Morgan fingerprint density at radius 1 is 1.06 bits per heavy atom. The van der Waals surface area contributed by atoms with E-state index in [9.17, 15) is 9.59 Å². The van der Waals surface area contributed by atoms with Gasteiger partial charge in [-0.2, -0.15) is 0 Å². The molecule has 0 spiro atoms. The number of hydrogen-bond acceptors (Lipinski definition) is 2. The van der Waals surface area contributed by atoms with E-state index in [0.717, 1.165) is 5.56 Å². The Labute approximate surface area is 93.0 Å². The van der Waals surface area contributed by atoms with Gasteiger partial charge in [0, 0.05) is 0 Å². The number of carbonyl (C=O) groups is 2. The number of carbonyl (C=O) groups excluding carboxylic acids is 2. The summed E-state index contributed by atoms with van der Waals surface area (Å²) in [7, 11) is 0. The predicted molar refractivity (Wildman–Crippen MR) is 59.4 cm³/mol. The van der Waals surface area contributed by atoms with E-state index in [1.165, 1.54) is 0 Å². The number of benzene rings is 1. The fraction of sp³-hybridized carbons (Fsp3) is 0.200. The van der Waals surface area contributed by atoms with E-state index < -0.39 is 18.2 Å². The van der Waals surface area contributed by atoms with E-state index in [-0.39, 0.29) is 0 Å². The van der Waals surface area contributed by atoms with Gasteiger partial charge in [-0.05, 0) is 12.5 Å². The van der Waals surface area contributed by atoms with Crippen molar-refractivity contribution in [3.05, 3.63) is 35.4 Å². The number of urea groups is 2. The van der Waals surface area contributed by atoms with Crippen molar-refractivity contribution >= 4 is 12.1 Å². The molecule has 0 aliphatic carbocycles. The first-order valence-electron chi connectivity index (χ1n) is 4.67. The average Bonchev–Trinajstić information content (AvgIpc) is 2.16. The molecule has 0 aromatic heterocycles. The first-order valence-corrected chi connectivity index (χ1v) is 4.67. The lowest BCUT2D eigenvalue weighted by molar-refractivity contribution is 0.235. The van der Waals surface area contributed by atoms with Crippen molar-refractivity contribution < 1.29 is 9.59 Å². The van der Waals surface area contributed by atoms with Crippen LogP contribution in [0.2, 0.25) is 0 Å². The Morgan fingerprint density at radius 3 is 1.88 bits per heavy atom. The molecular formula is C10H14N4O2. The van der Waals surface area contributed by atoms with Crippen molar-refractivity contribution in [2.75, 3.05) is 0 Å². The molecule has 4 amide bonds. The van der Waals surface area contributed by atoms with E-state index in [4.69, 9.17) is 11.5 Å². The van der Waals surface area contributed by atoms with Crippen molar-refractivity contribution in [1.29, 1.82) is 0 Å². The second-order valence-corrected chi connectivity index (χ2v) is 3.36.